The number of hydrogen-bond acceptors (Lipinski definition) is 3. The van der Waals surface area contributed by atoms with E-state index in [0.717, 1.165) is 32.1 Å². The van der Waals surface area contributed by atoms with Crippen molar-refractivity contribution < 1.29 is 8.42 Å². The van der Waals surface area contributed by atoms with Gasteiger partial charge in [0, 0.05) is 12.6 Å². The monoisotopic (exact) mass is 298 g/mol. The zero-order valence-corrected chi connectivity index (χ0v) is 13.1. The van der Waals surface area contributed by atoms with Gasteiger partial charge in [0.15, 0.2) is 0 Å². The molecule has 4 nitrogen and oxygen atoms in total. The van der Waals surface area contributed by atoms with Gasteiger partial charge in [-0.25, -0.2) is 8.42 Å². The van der Waals surface area contributed by atoms with Gasteiger partial charge in [0.2, 0.25) is 10.0 Å². The molecule has 0 saturated carbocycles. The first-order valence-electron chi connectivity index (χ1n) is 6.67. The van der Waals surface area contributed by atoms with E-state index < -0.39 is 10.0 Å². The Morgan fingerprint density at radius 2 is 2.00 bits per heavy atom. The van der Waals surface area contributed by atoms with Gasteiger partial charge < -0.3 is 5.73 Å². The van der Waals surface area contributed by atoms with Crippen LogP contribution in [0.25, 0.3) is 0 Å². The molecule has 1 atom stereocenters. The van der Waals surface area contributed by atoms with Gasteiger partial charge in [-0.3, -0.25) is 0 Å². The van der Waals surface area contributed by atoms with Gasteiger partial charge in [-0.1, -0.05) is 20.3 Å². The molecule has 1 fully saturated rings. The second-order valence-corrected chi connectivity index (χ2v) is 7.38. The molecule has 1 aliphatic heterocycles. The first kappa shape index (κ1) is 18.2. The third kappa shape index (κ3) is 5.43. The lowest BCUT2D eigenvalue weighted by atomic mass is 10.0. The first-order valence-corrected chi connectivity index (χ1v) is 8.28. The van der Waals surface area contributed by atoms with Gasteiger partial charge in [0.1, 0.15) is 0 Å². The summed E-state index contributed by atoms with van der Waals surface area (Å²) in [5, 5.41) is 0. The van der Waals surface area contributed by atoms with E-state index in [0.29, 0.717) is 19.0 Å². The predicted molar refractivity (Wildman–Crippen MR) is 78.5 cm³/mol. The lowest BCUT2D eigenvalue weighted by molar-refractivity contribution is 0.243. The fraction of sp³-hybridized carbons (Fsp3) is 1.00. The Labute approximate surface area is 118 Å². The Morgan fingerprint density at radius 1 is 1.33 bits per heavy atom. The second kappa shape index (κ2) is 8.35. The predicted octanol–water partition coefficient (Wildman–Crippen LogP) is 1.99. The standard InChI is InChI=1S/C12H26N2O2S.ClH/c1-11(2)7-10-17(15,16)14-9-4-3-5-12(14)6-8-13;/h11-12H,3-10,13H2,1-2H3;1H. The van der Waals surface area contributed by atoms with Crippen molar-refractivity contribution in [3.05, 3.63) is 0 Å². The molecular weight excluding hydrogens is 272 g/mol. The summed E-state index contributed by atoms with van der Waals surface area (Å²) in [6, 6.07) is 0.144. The molecule has 0 aromatic carbocycles. The number of nitrogens with two attached hydrogens (primary N) is 1. The summed E-state index contributed by atoms with van der Waals surface area (Å²) in [6.07, 6.45) is 4.62. The van der Waals surface area contributed by atoms with E-state index in [-0.39, 0.29) is 24.2 Å². The van der Waals surface area contributed by atoms with Crippen LogP contribution in [0.15, 0.2) is 0 Å². The van der Waals surface area contributed by atoms with E-state index in [1.807, 2.05) is 0 Å². The van der Waals surface area contributed by atoms with Crippen LogP contribution in [0, 0.1) is 5.92 Å². The van der Waals surface area contributed by atoms with Crippen LogP contribution in [0.2, 0.25) is 0 Å². The van der Waals surface area contributed by atoms with Crippen molar-refractivity contribution in [3.8, 4) is 0 Å². The molecule has 2 N–H and O–H groups in total. The Bertz CT molecular complexity index is 318. The van der Waals surface area contributed by atoms with E-state index in [2.05, 4.69) is 13.8 Å². The lowest BCUT2D eigenvalue weighted by Crippen LogP contribution is -2.45. The van der Waals surface area contributed by atoms with Crippen LogP contribution in [-0.2, 0) is 10.0 Å². The molecule has 18 heavy (non-hydrogen) atoms. The maximum absolute atomic E-state index is 12.3. The SMILES string of the molecule is CC(C)CCS(=O)(=O)N1CCCCC1CCN.Cl. The normalized spacial score (nSPS) is 21.9. The number of rotatable bonds is 6. The Kier molecular flexibility index (Phi) is 8.43. The minimum atomic E-state index is -3.07. The molecule has 1 saturated heterocycles. The van der Waals surface area contributed by atoms with Gasteiger partial charge >= 0.3 is 0 Å². The summed E-state index contributed by atoms with van der Waals surface area (Å²) in [5.74, 6) is 0.716. The van der Waals surface area contributed by atoms with Gasteiger partial charge in [-0.15, -0.1) is 12.4 Å². The highest BCUT2D eigenvalue weighted by Crippen LogP contribution is 2.23. The molecule has 0 aromatic rings. The van der Waals surface area contributed by atoms with Crippen LogP contribution in [-0.4, -0.2) is 37.6 Å². The number of sulfonamides is 1. The Hall–Kier alpha value is 0.160. The van der Waals surface area contributed by atoms with Crippen LogP contribution in [0.5, 0.6) is 0 Å². The largest absolute Gasteiger partial charge is 0.330 e. The van der Waals surface area contributed by atoms with Crippen LogP contribution >= 0.6 is 12.4 Å². The van der Waals surface area contributed by atoms with Crippen molar-refractivity contribution in [2.45, 2.75) is 52.0 Å². The number of piperidine rings is 1. The van der Waals surface area contributed by atoms with Crippen molar-refractivity contribution in [3.63, 3.8) is 0 Å². The average Bonchev–Trinajstić information content (AvgIpc) is 2.28. The summed E-state index contributed by atoms with van der Waals surface area (Å²) < 4.78 is 26.2. The molecule has 1 heterocycles. The number of hydrogen-bond donors (Lipinski definition) is 1. The smallest absolute Gasteiger partial charge is 0.214 e. The van der Waals surface area contributed by atoms with E-state index in [9.17, 15) is 8.42 Å². The maximum atomic E-state index is 12.3. The molecule has 0 aliphatic carbocycles. The lowest BCUT2D eigenvalue weighted by Gasteiger charge is -2.34. The highest BCUT2D eigenvalue weighted by Gasteiger charge is 2.31. The molecule has 1 aliphatic rings. The van der Waals surface area contributed by atoms with Gasteiger partial charge in [-0.05, 0) is 38.1 Å². The van der Waals surface area contributed by atoms with Crippen molar-refractivity contribution in [1.82, 2.24) is 4.31 Å². The van der Waals surface area contributed by atoms with E-state index in [1.54, 1.807) is 4.31 Å². The number of halogens is 1. The fourth-order valence-corrected chi connectivity index (χ4v) is 4.40. The zero-order valence-electron chi connectivity index (χ0n) is 11.5. The molecule has 0 radical (unpaired) electrons. The van der Waals surface area contributed by atoms with Crippen molar-refractivity contribution in [2.75, 3.05) is 18.8 Å². The molecule has 1 rings (SSSR count). The van der Waals surface area contributed by atoms with Gasteiger partial charge in [-0.2, -0.15) is 4.31 Å². The third-order valence-electron chi connectivity index (χ3n) is 3.38. The molecule has 0 spiro atoms. The van der Waals surface area contributed by atoms with E-state index in [4.69, 9.17) is 5.73 Å². The molecule has 0 bridgehead atoms. The second-order valence-electron chi connectivity index (χ2n) is 5.34. The van der Waals surface area contributed by atoms with Crippen LogP contribution in [0.1, 0.15) is 46.0 Å². The third-order valence-corrected chi connectivity index (χ3v) is 5.33. The van der Waals surface area contributed by atoms with Gasteiger partial charge in [0.25, 0.3) is 0 Å². The first-order chi connectivity index (χ1) is 7.97. The van der Waals surface area contributed by atoms with Gasteiger partial charge in [0.05, 0.1) is 5.75 Å². The van der Waals surface area contributed by atoms with Crippen LogP contribution in [0.3, 0.4) is 0 Å². The van der Waals surface area contributed by atoms with Crippen LogP contribution < -0.4 is 5.73 Å². The van der Waals surface area contributed by atoms with E-state index >= 15 is 0 Å². The summed E-state index contributed by atoms with van der Waals surface area (Å²) >= 11 is 0. The molecule has 1 unspecified atom stereocenters. The molecule has 0 amide bonds. The Balaban J connectivity index is 0.00000289. The minimum absolute atomic E-state index is 0. The molecule has 0 aromatic heterocycles. The summed E-state index contributed by atoms with van der Waals surface area (Å²) in [5.41, 5.74) is 5.57. The number of nitrogens with zero attached hydrogens (tertiary/aromatic N) is 1. The topological polar surface area (TPSA) is 63.4 Å². The van der Waals surface area contributed by atoms with Crippen molar-refractivity contribution in [1.29, 1.82) is 0 Å². The van der Waals surface area contributed by atoms with Crippen molar-refractivity contribution in [2.24, 2.45) is 11.7 Å². The Morgan fingerprint density at radius 3 is 2.56 bits per heavy atom. The summed E-state index contributed by atoms with van der Waals surface area (Å²) in [4.78, 5) is 0. The summed E-state index contributed by atoms with van der Waals surface area (Å²) in [7, 11) is -3.07. The minimum Gasteiger partial charge on any atom is -0.330 e. The van der Waals surface area contributed by atoms with E-state index in [1.165, 1.54) is 0 Å². The van der Waals surface area contributed by atoms with Crippen LogP contribution in [0.4, 0.5) is 0 Å². The molecule has 6 heteroatoms. The fourth-order valence-electron chi connectivity index (χ4n) is 2.32. The maximum Gasteiger partial charge on any atom is 0.214 e. The summed E-state index contributed by atoms with van der Waals surface area (Å²) in [6.45, 7) is 5.37. The van der Waals surface area contributed by atoms with Crippen molar-refractivity contribution >= 4 is 22.4 Å². The molecule has 110 valence electrons. The highest BCUT2D eigenvalue weighted by molar-refractivity contribution is 7.89. The quantitative estimate of drug-likeness (QED) is 0.815. The zero-order chi connectivity index (χ0) is 12.9. The molecular formula is C12H27ClN2O2S. The average molecular weight is 299 g/mol. The highest BCUT2D eigenvalue weighted by atomic mass is 35.5.